The SMILES string of the molecule is C=C1C(=O)[C@@]23C[C@H](O)[C@@H]4C(C)(C)CCC[C@@]4(C)[C@@H]2[C@@H](O)C[C@@H]1[C@H]3O. The lowest BCUT2D eigenvalue weighted by atomic mass is 9.39. The predicted octanol–water partition coefficient (Wildman–Crippen LogP) is 2.07. The van der Waals surface area contributed by atoms with E-state index in [1.165, 1.54) is 0 Å². The zero-order valence-electron chi connectivity index (χ0n) is 15.0. The fourth-order valence-electron chi connectivity index (χ4n) is 7.76. The number of carbonyl (C=O) groups excluding carboxylic acids is 1. The van der Waals surface area contributed by atoms with Crippen LogP contribution in [0.1, 0.15) is 52.9 Å². The van der Waals surface area contributed by atoms with Crippen LogP contribution >= 0.6 is 0 Å². The maximum absolute atomic E-state index is 13.1. The molecule has 8 atom stereocenters. The molecule has 0 aromatic heterocycles. The second-order valence-corrected chi connectivity index (χ2v) is 9.82. The van der Waals surface area contributed by atoms with Crippen molar-refractivity contribution in [1.82, 2.24) is 0 Å². The number of hydrogen-bond acceptors (Lipinski definition) is 4. The second-order valence-electron chi connectivity index (χ2n) is 9.82. The third kappa shape index (κ3) is 1.68. The van der Waals surface area contributed by atoms with E-state index >= 15 is 0 Å². The van der Waals surface area contributed by atoms with Gasteiger partial charge >= 0.3 is 0 Å². The van der Waals surface area contributed by atoms with Crippen molar-refractivity contribution in [3.63, 3.8) is 0 Å². The average Bonchev–Trinajstić information content (AvgIpc) is 2.57. The first-order valence-corrected chi connectivity index (χ1v) is 9.35. The van der Waals surface area contributed by atoms with Crippen LogP contribution in [0.4, 0.5) is 0 Å². The van der Waals surface area contributed by atoms with Gasteiger partial charge in [0.2, 0.25) is 0 Å². The van der Waals surface area contributed by atoms with Gasteiger partial charge in [-0.2, -0.15) is 0 Å². The van der Waals surface area contributed by atoms with Crippen LogP contribution in [0.5, 0.6) is 0 Å². The van der Waals surface area contributed by atoms with Gasteiger partial charge in [0.15, 0.2) is 5.78 Å². The first-order valence-electron chi connectivity index (χ1n) is 9.35. The van der Waals surface area contributed by atoms with E-state index in [4.69, 9.17) is 0 Å². The van der Waals surface area contributed by atoms with Crippen molar-refractivity contribution in [3.8, 4) is 0 Å². The van der Waals surface area contributed by atoms with Crippen LogP contribution in [0.3, 0.4) is 0 Å². The van der Waals surface area contributed by atoms with E-state index in [-0.39, 0.29) is 40.8 Å². The van der Waals surface area contributed by atoms with Gasteiger partial charge in [0, 0.05) is 11.8 Å². The van der Waals surface area contributed by atoms with Crippen LogP contribution in [0.2, 0.25) is 0 Å². The highest BCUT2D eigenvalue weighted by molar-refractivity contribution is 6.04. The number of Topliss-reactive ketones (excluding diaryl/α,β-unsaturated/α-hetero) is 1. The van der Waals surface area contributed by atoms with Crippen LogP contribution in [0, 0.1) is 34.0 Å². The quantitative estimate of drug-likeness (QED) is 0.593. The molecule has 0 aromatic carbocycles. The number of ketones is 1. The summed E-state index contributed by atoms with van der Waals surface area (Å²) < 4.78 is 0. The number of hydrogen-bond donors (Lipinski definition) is 3. The minimum atomic E-state index is -1.04. The van der Waals surface area contributed by atoms with Crippen molar-refractivity contribution in [2.24, 2.45) is 34.0 Å². The highest BCUT2D eigenvalue weighted by Gasteiger charge is 2.74. The normalized spacial score (nSPS) is 55.9. The largest absolute Gasteiger partial charge is 0.393 e. The summed E-state index contributed by atoms with van der Waals surface area (Å²) in [5.41, 5.74) is -0.968. The van der Waals surface area contributed by atoms with Crippen LogP contribution in [-0.2, 0) is 4.79 Å². The van der Waals surface area contributed by atoms with Crippen LogP contribution < -0.4 is 0 Å². The van der Waals surface area contributed by atoms with Gasteiger partial charge in [-0.25, -0.2) is 0 Å². The fourth-order valence-corrected chi connectivity index (χ4v) is 7.76. The van der Waals surface area contributed by atoms with E-state index in [1.54, 1.807) is 0 Å². The van der Waals surface area contributed by atoms with Crippen molar-refractivity contribution in [2.45, 2.75) is 71.2 Å². The Balaban J connectivity index is 1.91. The van der Waals surface area contributed by atoms with Gasteiger partial charge in [-0.05, 0) is 48.0 Å². The Morgan fingerprint density at radius 3 is 2.38 bits per heavy atom. The molecule has 4 rings (SSSR count). The van der Waals surface area contributed by atoms with Crippen LogP contribution in [0.15, 0.2) is 12.2 Å². The lowest BCUT2D eigenvalue weighted by Crippen LogP contribution is -2.68. The molecule has 0 unspecified atom stereocenters. The first-order chi connectivity index (χ1) is 11.1. The molecule has 4 aliphatic rings. The minimum Gasteiger partial charge on any atom is -0.393 e. The van der Waals surface area contributed by atoms with E-state index in [0.29, 0.717) is 12.0 Å². The third-order valence-corrected chi connectivity index (χ3v) is 8.24. The van der Waals surface area contributed by atoms with E-state index in [2.05, 4.69) is 27.4 Å². The van der Waals surface area contributed by atoms with Gasteiger partial charge in [0.1, 0.15) is 0 Å². The predicted molar refractivity (Wildman–Crippen MR) is 90.0 cm³/mol. The minimum absolute atomic E-state index is 0.0335. The zero-order valence-corrected chi connectivity index (χ0v) is 15.0. The molecule has 4 aliphatic carbocycles. The van der Waals surface area contributed by atoms with E-state index in [9.17, 15) is 20.1 Å². The zero-order chi connectivity index (χ0) is 17.7. The highest BCUT2D eigenvalue weighted by atomic mass is 16.3. The molecular weight excluding hydrogens is 304 g/mol. The van der Waals surface area contributed by atoms with Gasteiger partial charge in [-0.3, -0.25) is 4.79 Å². The summed E-state index contributed by atoms with van der Waals surface area (Å²) in [7, 11) is 0. The summed E-state index contributed by atoms with van der Waals surface area (Å²) >= 11 is 0. The topological polar surface area (TPSA) is 77.8 Å². The molecule has 1 spiro atoms. The third-order valence-electron chi connectivity index (χ3n) is 8.24. The lowest BCUT2D eigenvalue weighted by molar-refractivity contribution is -0.245. The molecule has 2 bridgehead atoms. The van der Waals surface area contributed by atoms with Gasteiger partial charge in [0.25, 0.3) is 0 Å². The summed E-state index contributed by atoms with van der Waals surface area (Å²) in [5, 5.41) is 33.1. The molecule has 3 N–H and O–H groups in total. The van der Waals surface area contributed by atoms with E-state index in [1.807, 2.05) is 0 Å². The van der Waals surface area contributed by atoms with Crippen molar-refractivity contribution in [3.05, 3.63) is 12.2 Å². The smallest absolute Gasteiger partial charge is 0.167 e. The van der Waals surface area contributed by atoms with Gasteiger partial charge < -0.3 is 15.3 Å². The number of aliphatic hydroxyl groups is 3. The van der Waals surface area contributed by atoms with Crippen molar-refractivity contribution in [1.29, 1.82) is 0 Å². The molecule has 0 heterocycles. The summed E-state index contributed by atoms with van der Waals surface area (Å²) in [5.74, 6) is -0.721. The Bertz CT molecular complexity index is 611. The molecule has 134 valence electrons. The molecule has 0 radical (unpaired) electrons. The molecule has 0 aliphatic heterocycles. The maximum atomic E-state index is 13.1. The summed E-state index contributed by atoms with van der Waals surface area (Å²) in [6.07, 6.45) is 1.58. The molecule has 24 heavy (non-hydrogen) atoms. The Morgan fingerprint density at radius 1 is 1.04 bits per heavy atom. The van der Waals surface area contributed by atoms with E-state index < -0.39 is 23.7 Å². The number of rotatable bonds is 0. The monoisotopic (exact) mass is 334 g/mol. The molecule has 0 aromatic rings. The Morgan fingerprint density at radius 2 is 1.71 bits per heavy atom. The first kappa shape index (κ1) is 16.7. The Hall–Kier alpha value is -0.710. The fraction of sp³-hybridized carbons (Fsp3) is 0.850. The second kappa shape index (κ2) is 4.72. The molecule has 4 fully saturated rings. The highest BCUT2D eigenvalue weighted by Crippen LogP contribution is 2.70. The summed E-state index contributed by atoms with van der Waals surface area (Å²) in [4.78, 5) is 13.1. The summed E-state index contributed by atoms with van der Waals surface area (Å²) in [6.45, 7) is 10.5. The van der Waals surface area contributed by atoms with Gasteiger partial charge in [-0.1, -0.05) is 33.8 Å². The van der Waals surface area contributed by atoms with Crippen molar-refractivity contribution < 1.29 is 20.1 Å². The van der Waals surface area contributed by atoms with Crippen molar-refractivity contribution in [2.75, 3.05) is 0 Å². The lowest BCUT2D eigenvalue weighted by Gasteiger charge is -2.66. The van der Waals surface area contributed by atoms with E-state index in [0.717, 1.165) is 19.3 Å². The van der Waals surface area contributed by atoms with Gasteiger partial charge in [-0.15, -0.1) is 0 Å². The number of fused-ring (bicyclic) bond motifs is 3. The molecule has 0 amide bonds. The standard InChI is InChI=1S/C20H30O4/c1-10-11-8-12(21)15-19(4)7-5-6-18(2,3)14(19)13(22)9-20(15,16(10)23)17(11)24/h11-15,17,21-22,24H,1,5-9H2,2-4H3/t11-,12-,13-,14+,15-,17+,19+,20+/m0/s1. The molecule has 4 heteroatoms. The van der Waals surface area contributed by atoms with Crippen molar-refractivity contribution >= 4 is 5.78 Å². The summed E-state index contributed by atoms with van der Waals surface area (Å²) in [6, 6.07) is 0. The number of aliphatic hydroxyl groups excluding tert-OH is 3. The number of carbonyl (C=O) groups is 1. The van der Waals surface area contributed by atoms with Crippen LogP contribution in [-0.4, -0.2) is 39.4 Å². The van der Waals surface area contributed by atoms with Gasteiger partial charge in [0.05, 0.1) is 23.7 Å². The Kier molecular flexibility index (Phi) is 3.29. The Labute approximate surface area is 144 Å². The average molecular weight is 334 g/mol. The molecule has 4 nitrogen and oxygen atoms in total. The molecular formula is C20H30O4. The molecule has 4 saturated carbocycles. The van der Waals surface area contributed by atoms with Crippen LogP contribution in [0.25, 0.3) is 0 Å². The molecule has 0 saturated heterocycles. The maximum Gasteiger partial charge on any atom is 0.167 e.